The lowest BCUT2D eigenvalue weighted by Crippen LogP contribution is -2.31. The van der Waals surface area contributed by atoms with Crippen LogP contribution in [0.5, 0.6) is 5.75 Å². The van der Waals surface area contributed by atoms with Gasteiger partial charge in [-0.05, 0) is 74.6 Å². The number of carbonyl (C=O) groups excluding carboxylic acids is 2. The first kappa shape index (κ1) is 31.3. The van der Waals surface area contributed by atoms with Crippen molar-refractivity contribution in [1.82, 2.24) is 10.3 Å². The normalized spacial score (nSPS) is 12.3. The Hall–Kier alpha value is -4.17. The molecule has 0 saturated heterocycles. The molecule has 0 spiro atoms. The summed E-state index contributed by atoms with van der Waals surface area (Å²) in [6, 6.07) is 23.0. The number of aliphatic hydroxyl groups is 1. The van der Waals surface area contributed by atoms with Gasteiger partial charge in [0, 0.05) is 38.7 Å². The molecule has 0 aliphatic rings. The number of hydrogen-bond acceptors (Lipinski definition) is 6. The molecule has 9 heteroatoms. The summed E-state index contributed by atoms with van der Waals surface area (Å²) in [5.41, 5.74) is 2.29. The summed E-state index contributed by atoms with van der Waals surface area (Å²) in [5, 5.41) is 25.2. The third-order valence-corrected chi connectivity index (χ3v) is 8.04. The molecule has 1 atom stereocenters. The second-order valence-corrected chi connectivity index (χ2v) is 12.2. The number of aromatic hydroxyl groups is 1. The van der Waals surface area contributed by atoms with E-state index in [1.165, 1.54) is 19.9 Å². The highest BCUT2D eigenvalue weighted by molar-refractivity contribution is 6.33. The van der Waals surface area contributed by atoms with Gasteiger partial charge in [0.1, 0.15) is 11.4 Å². The molecule has 226 valence electrons. The van der Waals surface area contributed by atoms with Gasteiger partial charge in [-0.2, -0.15) is 0 Å². The first-order valence-corrected chi connectivity index (χ1v) is 15.0. The van der Waals surface area contributed by atoms with Gasteiger partial charge in [0.15, 0.2) is 5.76 Å². The van der Waals surface area contributed by atoms with E-state index in [-0.39, 0.29) is 34.6 Å². The Morgan fingerprint density at radius 2 is 1.66 bits per heavy atom. The number of phenols is 1. The van der Waals surface area contributed by atoms with E-state index < -0.39 is 11.4 Å². The first-order chi connectivity index (χ1) is 20.9. The van der Waals surface area contributed by atoms with Crippen molar-refractivity contribution in [2.75, 3.05) is 6.54 Å². The van der Waals surface area contributed by atoms with E-state index >= 15 is 0 Å². The van der Waals surface area contributed by atoms with Gasteiger partial charge >= 0.3 is 0 Å². The number of fused-ring (bicyclic) bond motifs is 1. The Bertz CT molecular complexity index is 1840. The predicted molar refractivity (Wildman–Crippen MR) is 173 cm³/mol. The fourth-order valence-electron chi connectivity index (χ4n) is 5.09. The molecule has 2 aromatic heterocycles. The second-order valence-electron chi connectivity index (χ2n) is 11.4. The number of pyridine rings is 1. The van der Waals surface area contributed by atoms with Gasteiger partial charge in [0.05, 0.1) is 11.3 Å². The summed E-state index contributed by atoms with van der Waals surface area (Å²) in [5.74, 6) is -0.971. The number of hydrogen-bond donors (Lipinski definition) is 3. The van der Waals surface area contributed by atoms with Gasteiger partial charge in [-0.1, -0.05) is 72.6 Å². The minimum Gasteiger partial charge on any atom is -0.507 e. The van der Waals surface area contributed by atoms with E-state index in [1.807, 2.05) is 43.3 Å². The zero-order chi connectivity index (χ0) is 31.6. The molecule has 2 heterocycles. The highest BCUT2D eigenvalue weighted by Crippen LogP contribution is 2.40. The molecule has 1 amide bonds. The maximum Gasteiger partial charge on any atom is 0.255 e. The fourth-order valence-corrected chi connectivity index (χ4v) is 5.44. The highest BCUT2D eigenvalue weighted by atomic mass is 35.5. The quantitative estimate of drug-likeness (QED) is 0.134. The second kappa shape index (κ2) is 12.8. The van der Waals surface area contributed by atoms with Gasteiger partial charge in [-0.25, -0.2) is 4.98 Å². The number of benzene rings is 3. The number of ketones is 1. The zero-order valence-electron chi connectivity index (χ0n) is 24.5. The Morgan fingerprint density at radius 3 is 2.34 bits per heavy atom. The number of nitrogens with zero attached hydrogens (tertiary/aromatic N) is 1. The number of amides is 1. The molecule has 0 radical (unpaired) electrons. The summed E-state index contributed by atoms with van der Waals surface area (Å²) in [4.78, 5) is 30.9. The molecule has 0 saturated carbocycles. The van der Waals surface area contributed by atoms with Crippen LogP contribution >= 0.6 is 23.2 Å². The lowest BCUT2D eigenvalue weighted by Gasteiger charge is -2.16. The van der Waals surface area contributed by atoms with Gasteiger partial charge < -0.3 is 19.9 Å². The molecule has 0 fully saturated rings. The topological polar surface area (TPSA) is 113 Å². The van der Waals surface area contributed by atoms with Crippen LogP contribution in [0.4, 0.5) is 0 Å². The zero-order valence-corrected chi connectivity index (χ0v) is 26.0. The number of nitrogens with one attached hydrogen (secondary N) is 1. The smallest absolute Gasteiger partial charge is 0.255 e. The van der Waals surface area contributed by atoms with E-state index in [1.54, 1.807) is 36.4 Å². The Kier molecular flexibility index (Phi) is 9.11. The van der Waals surface area contributed by atoms with Crippen molar-refractivity contribution in [2.24, 2.45) is 5.92 Å². The molecule has 0 aliphatic carbocycles. The number of para-hydroxylation sites is 1. The average Bonchev–Trinajstić information content (AvgIpc) is 3.33. The highest BCUT2D eigenvalue weighted by Gasteiger charge is 2.33. The molecule has 5 aromatic rings. The van der Waals surface area contributed by atoms with E-state index in [0.717, 1.165) is 11.1 Å². The Morgan fingerprint density at radius 1 is 0.977 bits per heavy atom. The van der Waals surface area contributed by atoms with Gasteiger partial charge in [0.2, 0.25) is 11.5 Å². The van der Waals surface area contributed by atoms with Crippen LogP contribution in [0, 0.1) is 5.92 Å². The molecule has 0 aliphatic heterocycles. The van der Waals surface area contributed by atoms with E-state index in [9.17, 15) is 19.8 Å². The number of phenolic OH excluding ortho intramolecular Hbond substituents is 1. The van der Waals surface area contributed by atoms with Crippen molar-refractivity contribution in [1.29, 1.82) is 0 Å². The molecule has 3 aromatic carbocycles. The van der Waals surface area contributed by atoms with Crippen LogP contribution in [0.2, 0.25) is 10.0 Å². The standard InChI is InChI=1S/C35H32Cl2N2O5/c1-20(16-17-38-33(42)24-9-5-7-11-29(24)40)18-26-27-19-25(21-12-14-22(36)15-13-21)30(23-8-4-6-10-28(23)37)39-34(27)44-31(26)32(41)35(2,3)43/h4-15,19-20,40,43H,16-18H2,1-3H3,(H,38,42). The molecule has 7 nitrogen and oxygen atoms in total. The SMILES string of the molecule is CC(CCNC(=O)c1ccccc1O)Cc1c(C(=O)C(C)(C)O)oc2nc(-c3ccccc3Cl)c(-c3ccc(Cl)cc3)cc12. The van der Waals surface area contributed by atoms with Gasteiger partial charge in [-0.15, -0.1) is 0 Å². The monoisotopic (exact) mass is 630 g/mol. The maximum atomic E-state index is 13.4. The van der Waals surface area contributed by atoms with Crippen LogP contribution in [0.15, 0.2) is 83.3 Å². The summed E-state index contributed by atoms with van der Waals surface area (Å²) in [7, 11) is 0. The molecule has 3 N–H and O–H groups in total. The molecular weight excluding hydrogens is 599 g/mol. The van der Waals surface area contributed by atoms with Crippen LogP contribution in [-0.4, -0.2) is 39.0 Å². The molecule has 44 heavy (non-hydrogen) atoms. The molecule has 5 rings (SSSR count). The van der Waals surface area contributed by atoms with Crippen LogP contribution in [0.3, 0.4) is 0 Å². The van der Waals surface area contributed by atoms with Crippen molar-refractivity contribution in [3.05, 3.63) is 106 Å². The third kappa shape index (κ3) is 6.65. The number of furan rings is 1. The number of rotatable bonds is 10. The summed E-state index contributed by atoms with van der Waals surface area (Å²) < 4.78 is 6.13. The maximum absolute atomic E-state index is 13.4. The van der Waals surface area contributed by atoms with Gasteiger partial charge in [-0.3, -0.25) is 9.59 Å². The van der Waals surface area contributed by atoms with Crippen molar-refractivity contribution >= 4 is 46.0 Å². The summed E-state index contributed by atoms with van der Waals surface area (Å²) in [6.07, 6.45) is 1.00. The largest absolute Gasteiger partial charge is 0.507 e. The lowest BCUT2D eigenvalue weighted by atomic mass is 9.91. The average molecular weight is 632 g/mol. The van der Waals surface area contributed by atoms with Crippen LogP contribution in [0.1, 0.15) is 53.7 Å². The first-order valence-electron chi connectivity index (χ1n) is 14.2. The molecule has 0 bridgehead atoms. The van der Waals surface area contributed by atoms with Crippen molar-refractivity contribution in [2.45, 2.75) is 39.2 Å². The minimum absolute atomic E-state index is 0.00366. The summed E-state index contributed by atoms with van der Waals surface area (Å²) in [6.45, 7) is 5.21. The van der Waals surface area contributed by atoms with Crippen LogP contribution in [-0.2, 0) is 6.42 Å². The van der Waals surface area contributed by atoms with E-state index in [0.29, 0.717) is 51.6 Å². The summed E-state index contributed by atoms with van der Waals surface area (Å²) >= 11 is 12.8. The van der Waals surface area contributed by atoms with Crippen molar-refractivity contribution in [3.8, 4) is 28.1 Å². The number of carbonyl (C=O) groups is 2. The third-order valence-electron chi connectivity index (χ3n) is 7.46. The Labute approximate surface area is 265 Å². The predicted octanol–water partition coefficient (Wildman–Crippen LogP) is 8.13. The van der Waals surface area contributed by atoms with Crippen molar-refractivity contribution in [3.63, 3.8) is 0 Å². The van der Waals surface area contributed by atoms with E-state index in [2.05, 4.69) is 5.32 Å². The number of aromatic nitrogens is 1. The number of halogens is 2. The molecule has 1 unspecified atom stereocenters. The lowest BCUT2D eigenvalue weighted by molar-refractivity contribution is 0.0459. The fraction of sp³-hybridized carbons (Fsp3) is 0.229. The van der Waals surface area contributed by atoms with E-state index in [4.69, 9.17) is 32.6 Å². The van der Waals surface area contributed by atoms with Crippen LogP contribution < -0.4 is 5.32 Å². The van der Waals surface area contributed by atoms with Gasteiger partial charge in [0.25, 0.3) is 5.91 Å². The number of Topliss-reactive ketones (excluding diaryl/α,β-unsaturated/α-hetero) is 1. The molecular formula is C35H32Cl2N2O5. The van der Waals surface area contributed by atoms with Crippen molar-refractivity contribution < 1.29 is 24.2 Å². The minimum atomic E-state index is -1.68. The van der Waals surface area contributed by atoms with Crippen LogP contribution in [0.25, 0.3) is 33.5 Å². The Balaban J connectivity index is 1.55.